The van der Waals surface area contributed by atoms with Crippen molar-refractivity contribution in [2.75, 3.05) is 0 Å². The highest BCUT2D eigenvalue weighted by Gasteiger charge is 2.23. The normalized spacial score (nSPS) is 14.7. The number of benzene rings is 1. The highest BCUT2D eigenvalue weighted by atomic mass is 32.2. The van der Waals surface area contributed by atoms with Crippen LogP contribution in [0.5, 0.6) is 0 Å². The number of halogens is 1. The number of H-pyrrole nitrogens is 1. The van der Waals surface area contributed by atoms with Crippen molar-refractivity contribution in [3.8, 4) is 22.6 Å². The van der Waals surface area contributed by atoms with Crippen molar-refractivity contribution in [1.29, 1.82) is 0 Å². The van der Waals surface area contributed by atoms with Crippen molar-refractivity contribution in [2.45, 2.75) is 31.7 Å². The van der Waals surface area contributed by atoms with E-state index in [0.717, 1.165) is 36.9 Å². The molecular weight excluding hydrogens is 355 g/mol. The van der Waals surface area contributed by atoms with E-state index >= 15 is 0 Å². The van der Waals surface area contributed by atoms with Gasteiger partial charge in [0.05, 0.1) is 23.4 Å². The molecule has 134 valence electrons. The molecular formula is C18H17FN4O2S. The molecule has 0 aliphatic heterocycles. The lowest BCUT2D eigenvalue weighted by Crippen LogP contribution is -2.06. The zero-order valence-electron chi connectivity index (χ0n) is 13.9. The number of nitrogens with zero attached hydrogens (tertiary/aromatic N) is 3. The number of imidazole rings is 1. The number of aromatic amines is 1. The highest BCUT2D eigenvalue weighted by molar-refractivity contribution is 7.63. The monoisotopic (exact) mass is 372 g/mol. The first kappa shape index (κ1) is 16.7. The van der Waals surface area contributed by atoms with Crippen molar-refractivity contribution < 1.29 is 12.8 Å². The maximum absolute atomic E-state index is 13.3. The fourth-order valence-corrected chi connectivity index (χ4v) is 3.84. The molecule has 0 unspecified atom stereocenters. The molecule has 0 saturated heterocycles. The molecule has 2 aromatic heterocycles. The maximum Gasteiger partial charge on any atom is 0.258 e. The van der Waals surface area contributed by atoms with Crippen LogP contribution in [0.15, 0.2) is 42.9 Å². The van der Waals surface area contributed by atoms with Crippen LogP contribution >= 0.6 is 0 Å². The third kappa shape index (κ3) is 3.08. The molecule has 26 heavy (non-hydrogen) atoms. The Kier molecular flexibility index (Phi) is 4.42. The van der Waals surface area contributed by atoms with Crippen LogP contribution in [-0.2, 0) is 10.3 Å². The van der Waals surface area contributed by atoms with E-state index in [1.165, 1.54) is 18.3 Å². The molecule has 2 heterocycles. The van der Waals surface area contributed by atoms with Crippen LogP contribution in [0.4, 0.5) is 4.39 Å². The Balaban J connectivity index is 1.95. The SMILES string of the molecule is O=S(=O)=c1nccc(-c2c(-c3ccc(F)cc3)ncn2C2CCCC2)[nH]1. The average Bonchev–Trinajstić information content (AvgIpc) is 3.32. The molecule has 0 amide bonds. The number of hydrogen-bond acceptors (Lipinski definition) is 4. The summed E-state index contributed by atoms with van der Waals surface area (Å²) < 4.78 is 37.9. The molecule has 1 fully saturated rings. The smallest absolute Gasteiger partial charge is 0.258 e. The van der Waals surface area contributed by atoms with Crippen LogP contribution in [0.1, 0.15) is 31.7 Å². The minimum atomic E-state index is -2.46. The largest absolute Gasteiger partial charge is 0.326 e. The average molecular weight is 372 g/mol. The molecule has 0 atom stereocenters. The van der Waals surface area contributed by atoms with Crippen molar-refractivity contribution in [3.05, 3.63) is 53.4 Å². The summed E-state index contributed by atoms with van der Waals surface area (Å²) in [6.07, 6.45) is 7.66. The van der Waals surface area contributed by atoms with E-state index < -0.39 is 10.3 Å². The molecule has 0 bridgehead atoms. The van der Waals surface area contributed by atoms with Crippen molar-refractivity contribution in [2.24, 2.45) is 0 Å². The molecule has 1 aliphatic rings. The van der Waals surface area contributed by atoms with Crippen molar-refractivity contribution in [3.63, 3.8) is 0 Å². The Morgan fingerprint density at radius 3 is 2.50 bits per heavy atom. The Bertz CT molecular complexity index is 1100. The van der Waals surface area contributed by atoms with Gasteiger partial charge < -0.3 is 9.55 Å². The van der Waals surface area contributed by atoms with E-state index in [9.17, 15) is 12.8 Å². The summed E-state index contributed by atoms with van der Waals surface area (Å²) in [5.74, 6) is -0.315. The zero-order chi connectivity index (χ0) is 18.1. The number of hydrogen-bond donors (Lipinski definition) is 1. The lowest BCUT2D eigenvalue weighted by Gasteiger charge is -2.16. The van der Waals surface area contributed by atoms with Crippen LogP contribution in [0.25, 0.3) is 22.6 Å². The van der Waals surface area contributed by atoms with E-state index in [0.29, 0.717) is 17.4 Å². The third-order valence-corrected chi connectivity index (χ3v) is 5.24. The summed E-state index contributed by atoms with van der Waals surface area (Å²) in [6, 6.07) is 8.17. The maximum atomic E-state index is 13.3. The standard InChI is InChI=1S/C18H17FN4O2S/c19-13-7-5-12(6-8-13)16-17(15-9-10-20-18(22-15)26(24)25)23(11-21-16)14-3-1-2-4-14/h5-11,14,22H,1-4H2. The van der Waals surface area contributed by atoms with Gasteiger partial charge in [0.25, 0.3) is 15.1 Å². The molecule has 1 aliphatic carbocycles. The fourth-order valence-electron chi connectivity index (χ4n) is 3.50. The Morgan fingerprint density at radius 1 is 1.08 bits per heavy atom. The van der Waals surface area contributed by atoms with Crippen LogP contribution < -0.4 is 0 Å². The summed E-state index contributed by atoms with van der Waals surface area (Å²) in [6.45, 7) is 0. The van der Waals surface area contributed by atoms with Crippen LogP contribution in [0.2, 0.25) is 0 Å². The van der Waals surface area contributed by atoms with Crippen LogP contribution in [0.3, 0.4) is 0 Å². The highest BCUT2D eigenvalue weighted by Crippen LogP contribution is 2.37. The van der Waals surface area contributed by atoms with Crippen LogP contribution in [0, 0.1) is 10.6 Å². The Morgan fingerprint density at radius 2 is 1.81 bits per heavy atom. The molecule has 1 saturated carbocycles. The Hall–Kier alpha value is -2.74. The van der Waals surface area contributed by atoms with Gasteiger partial charge in [-0.1, -0.05) is 12.8 Å². The van der Waals surface area contributed by atoms with E-state index in [1.807, 2.05) is 0 Å². The van der Waals surface area contributed by atoms with Gasteiger partial charge in [-0.2, -0.15) is 8.42 Å². The number of rotatable bonds is 3. The third-order valence-electron chi connectivity index (χ3n) is 4.72. The molecule has 4 rings (SSSR count). The zero-order valence-corrected chi connectivity index (χ0v) is 14.7. The lowest BCUT2D eigenvalue weighted by atomic mass is 10.1. The van der Waals surface area contributed by atoms with E-state index in [1.54, 1.807) is 24.5 Å². The predicted octanol–water partition coefficient (Wildman–Crippen LogP) is 3.61. The van der Waals surface area contributed by atoms with Crippen LogP contribution in [-0.4, -0.2) is 27.9 Å². The Labute approximate surface area is 150 Å². The van der Waals surface area contributed by atoms with Crippen molar-refractivity contribution in [1.82, 2.24) is 19.5 Å². The first-order valence-corrected chi connectivity index (χ1v) is 9.51. The first-order chi connectivity index (χ1) is 12.6. The predicted molar refractivity (Wildman–Crippen MR) is 94.9 cm³/mol. The molecule has 8 heteroatoms. The van der Waals surface area contributed by atoms with Gasteiger partial charge in [0.15, 0.2) is 0 Å². The summed E-state index contributed by atoms with van der Waals surface area (Å²) in [5, 5.41) is 0. The molecule has 0 radical (unpaired) electrons. The molecule has 1 aromatic carbocycles. The second-order valence-electron chi connectivity index (χ2n) is 6.32. The second kappa shape index (κ2) is 6.87. The molecule has 0 spiro atoms. The van der Waals surface area contributed by atoms with E-state index in [2.05, 4.69) is 19.5 Å². The van der Waals surface area contributed by atoms with Gasteiger partial charge in [0, 0.05) is 17.8 Å². The molecule has 6 nitrogen and oxygen atoms in total. The first-order valence-electron chi connectivity index (χ1n) is 8.44. The van der Waals surface area contributed by atoms with Crippen molar-refractivity contribution >= 4 is 10.3 Å². The van der Waals surface area contributed by atoms with Gasteiger partial charge in [0.2, 0.25) is 0 Å². The van der Waals surface area contributed by atoms with Gasteiger partial charge in [-0.15, -0.1) is 0 Å². The molecule has 1 N–H and O–H groups in total. The summed E-state index contributed by atoms with van der Waals surface area (Å²) >= 11 is 0. The van der Waals surface area contributed by atoms with E-state index in [4.69, 9.17) is 0 Å². The minimum Gasteiger partial charge on any atom is -0.326 e. The quantitative estimate of drug-likeness (QED) is 0.712. The second-order valence-corrected chi connectivity index (χ2v) is 7.17. The minimum absolute atomic E-state index is 0.133. The van der Waals surface area contributed by atoms with E-state index in [-0.39, 0.29) is 10.6 Å². The van der Waals surface area contributed by atoms with Gasteiger partial charge >= 0.3 is 0 Å². The lowest BCUT2D eigenvalue weighted by molar-refractivity contribution is 0.522. The van der Waals surface area contributed by atoms with Gasteiger partial charge in [-0.3, -0.25) is 0 Å². The molecule has 3 aromatic rings. The topological polar surface area (TPSA) is 80.6 Å². The number of aromatic nitrogens is 4. The summed E-state index contributed by atoms with van der Waals surface area (Å²) in [5.41, 5.74) is 2.86. The summed E-state index contributed by atoms with van der Waals surface area (Å²) in [7, 11) is -2.46. The van der Waals surface area contributed by atoms with Gasteiger partial charge in [-0.25, -0.2) is 14.4 Å². The number of nitrogens with one attached hydrogen (secondary N) is 1. The van der Waals surface area contributed by atoms with Gasteiger partial charge in [0.1, 0.15) is 5.82 Å². The summed E-state index contributed by atoms with van der Waals surface area (Å²) in [4.78, 5) is 11.3. The fraction of sp³-hybridized carbons (Fsp3) is 0.278. The van der Waals surface area contributed by atoms with Gasteiger partial charge in [-0.05, 0) is 43.2 Å².